The lowest BCUT2D eigenvalue weighted by atomic mass is 9.97. The third kappa shape index (κ3) is 3.87. The highest BCUT2D eigenvalue weighted by molar-refractivity contribution is 7.92. The maximum absolute atomic E-state index is 11.9. The van der Waals surface area contributed by atoms with Gasteiger partial charge in [0.25, 0.3) is 0 Å². The fraction of sp³-hybridized carbons (Fsp3) is 0.389. The van der Waals surface area contributed by atoms with Crippen molar-refractivity contribution in [1.82, 2.24) is 9.97 Å². The number of benzene rings is 1. The smallest absolute Gasteiger partial charge is 0.239 e. The molecule has 0 saturated heterocycles. The number of hydrogen-bond donors (Lipinski definition) is 0. The van der Waals surface area contributed by atoms with Crippen molar-refractivity contribution in [1.29, 1.82) is 0 Å². The first-order valence-corrected chi connectivity index (χ1v) is 9.79. The molecule has 2 rings (SSSR count). The second-order valence-corrected chi connectivity index (χ2v) is 8.49. The zero-order valence-corrected chi connectivity index (χ0v) is 16.2. The molecule has 0 unspecified atom stereocenters. The van der Waals surface area contributed by atoms with Gasteiger partial charge in [-0.25, -0.2) is 22.7 Å². The van der Waals surface area contributed by atoms with E-state index in [0.29, 0.717) is 17.0 Å². The van der Waals surface area contributed by atoms with Gasteiger partial charge in [0.15, 0.2) is 6.29 Å². The standard InChI is InChI=1S/C18H23N3O3S/c1-11(2)16-15(10-22)17(14-8-7-12(3)13(4)9-14)20-18(19-16)21(5)25(6,23)24/h7-11H,1-6H3. The molecule has 0 amide bonds. The first-order chi connectivity index (χ1) is 11.6. The van der Waals surface area contributed by atoms with Gasteiger partial charge in [0.05, 0.1) is 23.2 Å². The zero-order valence-electron chi connectivity index (χ0n) is 15.4. The van der Waals surface area contributed by atoms with E-state index in [1.165, 1.54) is 7.05 Å². The molecule has 0 radical (unpaired) electrons. The lowest BCUT2D eigenvalue weighted by Crippen LogP contribution is -2.27. The van der Waals surface area contributed by atoms with Crippen LogP contribution in [-0.4, -0.2) is 38.0 Å². The monoisotopic (exact) mass is 361 g/mol. The van der Waals surface area contributed by atoms with E-state index in [-0.39, 0.29) is 11.9 Å². The second-order valence-electron chi connectivity index (χ2n) is 6.47. The molecule has 0 fully saturated rings. The van der Waals surface area contributed by atoms with Crippen molar-refractivity contribution < 1.29 is 13.2 Å². The number of sulfonamides is 1. The molecule has 0 spiro atoms. The van der Waals surface area contributed by atoms with Crippen LogP contribution in [0.5, 0.6) is 0 Å². The number of anilines is 1. The highest BCUT2D eigenvalue weighted by Crippen LogP contribution is 2.30. The Labute approximate surface area is 149 Å². The molecule has 1 aromatic heterocycles. The van der Waals surface area contributed by atoms with E-state index in [1.54, 1.807) is 0 Å². The third-order valence-corrected chi connectivity index (χ3v) is 5.35. The number of aryl methyl sites for hydroxylation is 2. The summed E-state index contributed by atoms with van der Waals surface area (Å²) in [6, 6.07) is 5.78. The van der Waals surface area contributed by atoms with E-state index >= 15 is 0 Å². The predicted octanol–water partition coefficient (Wildman–Crippen LogP) is 3.09. The van der Waals surface area contributed by atoms with E-state index in [9.17, 15) is 13.2 Å². The van der Waals surface area contributed by atoms with E-state index in [0.717, 1.165) is 33.5 Å². The SMILES string of the molecule is Cc1ccc(-c2nc(N(C)S(C)(=O)=O)nc(C(C)C)c2C=O)cc1C. The first-order valence-electron chi connectivity index (χ1n) is 7.95. The predicted molar refractivity (Wildman–Crippen MR) is 99.7 cm³/mol. The van der Waals surface area contributed by atoms with E-state index in [4.69, 9.17) is 0 Å². The Morgan fingerprint density at radius 2 is 1.76 bits per heavy atom. The van der Waals surface area contributed by atoms with Crippen molar-refractivity contribution in [3.63, 3.8) is 0 Å². The van der Waals surface area contributed by atoms with Gasteiger partial charge in [-0.15, -0.1) is 0 Å². The fourth-order valence-electron chi connectivity index (χ4n) is 2.43. The van der Waals surface area contributed by atoms with Gasteiger partial charge in [0.1, 0.15) is 0 Å². The van der Waals surface area contributed by atoms with Crippen molar-refractivity contribution in [3.8, 4) is 11.3 Å². The van der Waals surface area contributed by atoms with Gasteiger partial charge < -0.3 is 0 Å². The van der Waals surface area contributed by atoms with Crippen molar-refractivity contribution in [3.05, 3.63) is 40.6 Å². The Morgan fingerprint density at radius 3 is 2.24 bits per heavy atom. The molecular formula is C18H23N3O3S. The fourth-order valence-corrected chi connectivity index (χ4v) is 2.81. The van der Waals surface area contributed by atoms with Crippen molar-refractivity contribution in [2.75, 3.05) is 17.6 Å². The summed E-state index contributed by atoms with van der Waals surface area (Å²) >= 11 is 0. The summed E-state index contributed by atoms with van der Waals surface area (Å²) in [5.74, 6) is 0.00485. The molecule has 0 atom stereocenters. The average Bonchev–Trinajstić information content (AvgIpc) is 2.54. The van der Waals surface area contributed by atoms with E-state index < -0.39 is 10.0 Å². The Morgan fingerprint density at radius 1 is 1.12 bits per heavy atom. The summed E-state index contributed by atoms with van der Waals surface area (Å²) in [6.07, 6.45) is 1.83. The van der Waals surface area contributed by atoms with Gasteiger partial charge in [-0.05, 0) is 37.0 Å². The number of rotatable bonds is 5. The molecule has 134 valence electrons. The Bertz CT molecular complexity index is 921. The summed E-state index contributed by atoms with van der Waals surface area (Å²) < 4.78 is 24.8. The lowest BCUT2D eigenvalue weighted by Gasteiger charge is -2.19. The highest BCUT2D eigenvalue weighted by Gasteiger charge is 2.22. The van der Waals surface area contributed by atoms with Gasteiger partial charge in [0.2, 0.25) is 16.0 Å². The lowest BCUT2D eigenvalue weighted by molar-refractivity contribution is 0.112. The average molecular weight is 361 g/mol. The van der Waals surface area contributed by atoms with Gasteiger partial charge in [-0.2, -0.15) is 0 Å². The van der Waals surface area contributed by atoms with Gasteiger partial charge in [-0.3, -0.25) is 4.79 Å². The molecular weight excluding hydrogens is 338 g/mol. The van der Waals surface area contributed by atoms with Gasteiger partial charge in [0, 0.05) is 12.6 Å². The molecule has 0 saturated carbocycles. The highest BCUT2D eigenvalue weighted by atomic mass is 32.2. The van der Waals surface area contributed by atoms with Crippen molar-refractivity contribution in [2.45, 2.75) is 33.6 Å². The summed E-state index contributed by atoms with van der Waals surface area (Å²) in [7, 11) is -2.11. The van der Waals surface area contributed by atoms with E-state index in [2.05, 4.69) is 9.97 Å². The molecule has 25 heavy (non-hydrogen) atoms. The molecule has 1 heterocycles. The van der Waals surface area contributed by atoms with Crippen LogP contribution < -0.4 is 4.31 Å². The quantitative estimate of drug-likeness (QED) is 0.765. The topological polar surface area (TPSA) is 80.2 Å². The molecule has 1 aromatic carbocycles. The van der Waals surface area contributed by atoms with Crippen LogP contribution in [0.25, 0.3) is 11.3 Å². The molecule has 6 nitrogen and oxygen atoms in total. The summed E-state index contributed by atoms with van der Waals surface area (Å²) in [5, 5.41) is 0. The number of nitrogens with zero attached hydrogens (tertiary/aromatic N) is 3. The number of aldehydes is 1. The second kappa shape index (κ2) is 6.92. The van der Waals surface area contributed by atoms with Gasteiger partial charge >= 0.3 is 0 Å². The molecule has 0 N–H and O–H groups in total. The molecule has 0 bridgehead atoms. The molecule has 0 aliphatic rings. The van der Waals surface area contributed by atoms with Crippen LogP contribution in [0.3, 0.4) is 0 Å². The Balaban J connectivity index is 2.82. The van der Waals surface area contributed by atoms with Crippen LogP contribution in [0, 0.1) is 13.8 Å². The minimum absolute atomic E-state index is 0.0554. The van der Waals surface area contributed by atoms with Crippen molar-refractivity contribution in [2.24, 2.45) is 0 Å². The van der Waals surface area contributed by atoms with Crippen LogP contribution in [0.1, 0.15) is 46.9 Å². The zero-order chi connectivity index (χ0) is 18.9. The molecule has 0 aliphatic carbocycles. The third-order valence-electron chi connectivity index (χ3n) is 4.19. The number of carbonyl (C=O) groups excluding carboxylic acids is 1. The molecule has 2 aromatic rings. The Kier molecular flexibility index (Phi) is 5.27. The van der Waals surface area contributed by atoms with Crippen LogP contribution >= 0.6 is 0 Å². The number of carbonyl (C=O) groups is 1. The minimum atomic E-state index is -3.51. The maximum atomic E-state index is 11.9. The summed E-state index contributed by atoms with van der Waals surface area (Å²) in [5.41, 5.74) is 4.33. The Hall–Kier alpha value is -2.28. The van der Waals surface area contributed by atoms with Crippen LogP contribution in [0.15, 0.2) is 18.2 Å². The number of hydrogen-bond acceptors (Lipinski definition) is 5. The minimum Gasteiger partial charge on any atom is -0.298 e. The van der Waals surface area contributed by atoms with Crippen LogP contribution in [0.4, 0.5) is 5.95 Å². The largest absolute Gasteiger partial charge is 0.298 e. The van der Waals surface area contributed by atoms with Crippen molar-refractivity contribution >= 4 is 22.3 Å². The maximum Gasteiger partial charge on any atom is 0.239 e. The van der Waals surface area contributed by atoms with E-state index in [1.807, 2.05) is 45.9 Å². The van der Waals surface area contributed by atoms with Crippen LogP contribution in [-0.2, 0) is 10.0 Å². The van der Waals surface area contributed by atoms with Crippen LogP contribution in [0.2, 0.25) is 0 Å². The normalized spacial score (nSPS) is 11.6. The first kappa shape index (κ1) is 19.1. The molecule has 0 aliphatic heterocycles. The molecule has 7 heteroatoms. The summed E-state index contributed by atoms with van der Waals surface area (Å²) in [6.45, 7) is 7.79. The number of aromatic nitrogens is 2. The van der Waals surface area contributed by atoms with Gasteiger partial charge in [-0.1, -0.05) is 26.0 Å². The summed E-state index contributed by atoms with van der Waals surface area (Å²) in [4.78, 5) is 20.5.